The molecule has 5 atom stereocenters. The third-order valence-electron chi connectivity index (χ3n) is 4.98. The highest BCUT2D eigenvalue weighted by molar-refractivity contribution is 6.14. The number of para-hydroxylation sites is 1. The van der Waals surface area contributed by atoms with Gasteiger partial charge in [-0.05, 0) is 6.07 Å². The molecule has 0 aliphatic carbocycles. The number of ether oxygens (including phenoxy) is 1. The van der Waals surface area contributed by atoms with Crippen LogP contribution in [0.4, 0.5) is 0 Å². The van der Waals surface area contributed by atoms with Crippen LogP contribution in [0.25, 0.3) is 0 Å². The molecule has 8 nitrogen and oxygen atoms in total. The van der Waals surface area contributed by atoms with Crippen molar-refractivity contribution in [3.05, 3.63) is 65.2 Å². The quantitative estimate of drug-likeness (QED) is 0.344. The van der Waals surface area contributed by atoms with Gasteiger partial charge in [-0.2, -0.15) is 0 Å². The minimum absolute atomic E-state index is 0.0000832. The number of aliphatic hydroxyl groups is 4. The van der Waals surface area contributed by atoms with E-state index in [0.717, 1.165) is 0 Å². The number of ketones is 2. The summed E-state index contributed by atoms with van der Waals surface area (Å²) in [6.07, 6.45) is -7.67. The Bertz CT molecular complexity index is 880. The largest absolute Gasteiger partial charge is 0.507 e. The van der Waals surface area contributed by atoms with Crippen LogP contribution in [0.3, 0.4) is 0 Å². The molecular formula is C21H22O8. The number of benzene rings is 2. The number of carbonyl (C=O) groups excluding carboxylic acids is 2. The molecule has 0 saturated carbocycles. The summed E-state index contributed by atoms with van der Waals surface area (Å²) in [7, 11) is 0. The molecule has 0 amide bonds. The van der Waals surface area contributed by atoms with Crippen LogP contribution >= 0.6 is 0 Å². The van der Waals surface area contributed by atoms with E-state index in [-0.39, 0.29) is 11.1 Å². The maximum absolute atomic E-state index is 12.6. The second-order valence-corrected chi connectivity index (χ2v) is 6.88. The molecule has 154 valence electrons. The molecule has 0 unspecified atom stereocenters. The van der Waals surface area contributed by atoms with Gasteiger partial charge >= 0.3 is 0 Å². The van der Waals surface area contributed by atoms with E-state index in [1.54, 1.807) is 30.3 Å². The van der Waals surface area contributed by atoms with E-state index in [2.05, 4.69) is 0 Å². The summed E-state index contributed by atoms with van der Waals surface area (Å²) in [6.45, 7) is -0.619. The van der Waals surface area contributed by atoms with Crippen LogP contribution in [-0.2, 0) is 4.74 Å². The first-order valence-corrected chi connectivity index (χ1v) is 9.09. The summed E-state index contributed by atoms with van der Waals surface area (Å²) in [5.41, 5.74) is 0.231. The van der Waals surface area contributed by atoms with Crippen LogP contribution in [0.1, 0.15) is 38.8 Å². The average molecular weight is 402 g/mol. The van der Waals surface area contributed by atoms with Crippen LogP contribution in [0.5, 0.6) is 5.75 Å². The first kappa shape index (κ1) is 21.1. The van der Waals surface area contributed by atoms with Gasteiger partial charge in [-0.15, -0.1) is 0 Å². The lowest BCUT2D eigenvalue weighted by Gasteiger charge is -2.40. The van der Waals surface area contributed by atoms with Crippen LogP contribution in [0.2, 0.25) is 0 Å². The second kappa shape index (κ2) is 8.81. The van der Waals surface area contributed by atoms with Crippen molar-refractivity contribution >= 4 is 11.6 Å². The van der Waals surface area contributed by atoms with Crippen molar-refractivity contribution in [3.8, 4) is 5.75 Å². The van der Waals surface area contributed by atoms with Crippen molar-refractivity contribution in [1.82, 2.24) is 0 Å². The third kappa shape index (κ3) is 4.21. The number of Topliss-reactive ketones (excluding diaryl/α,β-unsaturated/α-hetero) is 2. The Morgan fingerprint density at radius 2 is 1.55 bits per heavy atom. The molecule has 0 aromatic heterocycles. The molecule has 0 bridgehead atoms. The molecule has 0 spiro atoms. The number of carbonyl (C=O) groups is 2. The molecule has 5 N–H and O–H groups in total. The maximum Gasteiger partial charge on any atom is 0.174 e. The van der Waals surface area contributed by atoms with E-state index in [9.17, 15) is 35.1 Å². The van der Waals surface area contributed by atoms with Gasteiger partial charge in [0.25, 0.3) is 0 Å². The summed E-state index contributed by atoms with van der Waals surface area (Å²) in [4.78, 5) is 24.9. The van der Waals surface area contributed by atoms with E-state index in [1.165, 1.54) is 18.2 Å². The van der Waals surface area contributed by atoms with Gasteiger partial charge in [0, 0.05) is 11.1 Å². The Kier molecular flexibility index (Phi) is 6.41. The Labute approximate surface area is 166 Å². The lowest BCUT2D eigenvalue weighted by molar-refractivity contribution is -0.232. The molecule has 1 heterocycles. The molecule has 1 aliphatic rings. The van der Waals surface area contributed by atoms with E-state index in [0.29, 0.717) is 5.56 Å². The van der Waals surface area contributed by atoms with Crippen LogP contribution < -0.4 is 0 Å². The van der Waals surface area contributed by atoms with Gasteiger partial charge in [-0.1, -0.05) is 42.5 Å². The zero-order valence-electron chi connectivity index (χ0n) is 15.4. The van der Waals surface area contributed by atoms with Crippen molar-refractivity contribution in [2.24, 2.45) is 0 Å². The monoisotopic (exact) mass is 402 g/mol. The van der Waals surface area contributed by atoms with Gasteiger partial charge in [0.05, 0.1) is 18.6 Å². The van der Waals surface area contributed by atoms with E-state index >= 15 is 0 Å². The summed E-state index contributed by atoms with van der Waals surface area (Å²) in [5, 5.41) is 50.0. The first-order valence-electron chi connectivity index (χ1n) is 9.09. The number of aliphatic hydroxyl groups excluding tert-OH is 4. The Balaban J connectivity index is 1.85. The molecule has 2 aromatic carbocycles. The van der Waals surface area contributed by atoms with Crippen molar-refractivity contribution < 1.29 is 39.9 Å². The molecule has 3 rings (SSSR count). The minimum Gasteiger partial charge on any atom is -0.507 e. The number of hydrogen-bond acceptors (Lipinski definition) is 8. The van der Waals surface area contributed by atoms with E-state index < -0.39 is 60.9 Å². The topological polar surface area (TPSA) is 145 Å². The summed E-state index contributed by atoms with van der Waals surface area (Å²) >= 11 is 0. The van der Waals surface area contributed by atoms with Gasteiger partial charge < -0.3 is 30.3 Å². The number of phenolic OH excluding ortho intramolecular Hbond substituents is 1. The molecule has 2 aromatic rings. The van der Waals surface area contributed by atoms with Gasteiger partial charge in [0.1, 0.15) is 36.3 Å². The highest BCUT2D eigenvalue weighted by Crippen LogP contribution is 2.38. The van der Waals surface area contributed by atoms with Crippen LogP contribution in [0.15, 0.2) is 48.5 Å². The molecule has 1 fully saturated rings. The lowest BCUT2D eigenvalue weighted by atomic mass is 9.89. The second-order valence-electron chi connectivity index (χ2n) is 6.88. The molecule has 1 saturated heterocycles. The third-order valence-corrected chi connectivity index (χ3v) is 4.98. The standard InChI is InChI=1S/C21H22O8/c22-10-16-18(26)19(27)20(28)21(29-16)13-8-4-7-12(17(13)25)15(24)9-14(23)11-5-2-1-3-6-11/h1-8,16,18-22,25-28H,9-10H2/t16-,18-,19+,20-,21+/m1/s1. The van der Waals surface area contributed by atoms with Crippen molar-refractivity contribution in [2.45, 2.75) is 36.9 Å². The fourth-order valence-electron chi connectivity index (χ4n) is 3.34. The highest BCUT2D eigenvalue weighted by Gasteiger charge is 2.45. The smallest absolute Gasteiger partial charge is 0.174 e. The average Bonchev–Trinajstić information content (AvgIpc) is 2.73. The van der Waals surface area contributed by atoms with Gasteiger partial charge in [-0.25, -0.2) is 0 Å². The fraction of sp³-hybridized carbons (Fsp3) is 0.333. The number of aromatic hydroxyl groups is 1. The van der Waals surface area contributed by atoms with Gasteiger partial charge in [0.15, 0.2) is 11.6 Å². The molecule has 29 heavy (non-hydrogen) atoms. The lowest BCUT2D eigenvalue weighted by Crippen LogP contribution is -2.55. The summed E-state index contributed by atoms with van der Waals surface area (Å²) in [5.74, 6) is -1.53. The Hall–Kier alpha value is -2.62. The van der Waals surface area contributed by atoms with Crippen molar-refractivity contribution in [1.29, 1.82) is 0 Å². The first-order chi connectivity index (χ1) is 13.8. The Morgan fingerprint density at radius 3 is 2.21 bits per heavy atom. The molecule has 0 radical (unpaired) electrons. The fourth-order valence-corrected chi connectivity index (χ4v) is 3.34. The highest BCUT2D eigenvalue weighted by atomic mass is 16.5. The SMILES string of the molecule is O=C(CC(=O)c1cccc([C@@H]2O[C@H](CO)[C@@H](O)[C@H](O)[C@H]2O)c1O)c1ccccc1. The summed E-state index contributed by atoms with van der Waals surface area (Å²) < 4.78 is 5.43. The number of hydrogen-bond donors (Lipinski definition) is 5. The molecule has 8 heteroatoms. The molecular weight excluding hydrogens is 380 g/mol. The normalized spacial score (nSPS) is 26.8. The van der Waals surface area contributed by atoms with Crippen LogP contribution in [0, 0.1) is 0 Å². The number of phenols is 1. The van der Waals surface area contributed by atoms with Crippen molar-refractivity contribution in [3.63, 3.8) is 0 Å². The van der Waals surface area contributed by atoms with Crippen molar-refractivity contribution in [2.75, 3.05) is 6.61 Å². The predicted molar refractivity (Wildman–Crippen MR) is 101 cm³/mol. The predicted octanol–water partition coefficient (Wildman–Crippen LogP) is 0.363. The van der Waals surface area contributed by atoms with E-state index in [4.69, 9.17) is 4.74 Å². The minimum atomic E-state index is -1.62. The summed E-state index contributed by atoms with van der Waals surface area (Å²) in [6, 6.07) is 12.4. The van der Waals surface area contributed by atoms with E-state index in [1.807, 2.05) is 0 Å². The zero-order chi connectivity index (χ0) is 21.1. The van der Waals surface area contributed by atoms with Gasteiger partial charge in [-0.3, -0.25) is 9.59 Å². The molecule has 1 aliphatic heterocycles. The maximum atomic E-state index is 12.6. The van der Waals surface area contributed by atoms with Gasteiger partial charge in [0.2, 0.25) is 0 Å². The Morgan fingerprint density at radius 1 is 0.862 bits per heavy atom. The number of rotatable bonds is 6. The zero-order valence-corrected chi connectivity index (χ0v) is 15.4. The van der Waals surface area contributed by atoms with Crippen LogP contribution in [-0.4, -0.2) is 68.1 Å².